The van der Waals surface area contributed by atoms with Crippen LogP contribution in [0.1, 0.15) is 0 Å². The Hall–Kier alpha value is -1.05. The molecular weight excluding hydrogens is 265 g/mol. The van der Waals surface area contributed by atoms with Gasteiger partial charge in [0, 0.05) is 19.5 Å². The van der Waals surface area contributed by atoms with E-state index in [4.69, 9.17) is 29.7 Å². The zero-order chi connectivity index (χ0) is 8.12. The Balaban J connectivity index is -0.00000001000. The van der Waals surface area contributed by atoms with E-state index in [0.717, 1.165) is 0 Å². The van der Waals surface area contributed by atoms with E-state index in [0.29, 0.717) is 0 Å². The van der Waals surface area contributed by atoms with Crippen LogP contribution in [0.3, 0.4) is 0 Å². The first kappa shape index (κ1) is 44.2. The minimum Gasteiger partial charge on any atom is -0.483 e. The van der Waals surface area contributed by atoms with Gasteiger partial charge in [0.15, 0.2) is 0 Å². The average molecular weight is 275 g/mol. The minimum absolute atomic E-state index is 0. The second kappa shape index (κ2) is 209. The van der Waals surface area contributed by atoms with Crippen LogP contribution in [0.2, 0.25) is 0 Å². The fourth-order valence-corrected chi connectivity index (χ4v) is 0. The van der Waals surface area contributed by atoms with Crippen molar-refractivity contribution in [3.8, 4) is 0 Å². The van der Waals surface area contributed by atoms with E-state index in [1.165, 1.54) is 0 Å². The zero-order valence-corrected chi connectivity index (χ0v) is 7.39. The van der Waals surface area contributed by atoms with Gasteiger partial charge < -0.3 is 26.3 Å². The molecule has 8 nitrogen and oxygen atoms in total. The van der Waals surface area contributed by atoms with Crippen LogP contribution in [0.15, 0.2) is 0 Å². The molecule has 0 atom stereocenters. The van der Waals surface area contributed by atoms with Crippen LogP contribution in [0.25, 0.3) is 0 Å². The predicted octanol–water partition coefficient (Wildman–Crippen LogP) is -2.55. The van der Waals surface area contributed by atoms with Crippen molar-refractivity contribution in [2.45, 2.75) is 0 Å². The first-order valence-corrected chi connectivity index (χ1v) is 1.48. The molecule has 0 bridgehead atoms. The smallest absolute Gasteiger partial charge is 0.290 e. The summed E-state index contributed by atoms with van der Waals surface area (Å²) in [5, 5.41) is 20.7. The number of carboxylic acid groups (broad SMARTS) is 3. The summed E-state index contributed by atoms with van der Waals surface area (Å²) < 4.78 is 0. The van der Waals surface area contributed by atoms with E-state index < -0.39 is 0 Å². The monoisotopic (exact) mass is 276 g/mol. The Morgan fingerprint density at radius 1 is 0.667 bits per heavy atom. The third-order valence-corrected chi connectivity index (χ3v) is 0. The van der Waals surface area contributed by atoms with Crippen LogP contribution in [0, 0.1) is 0 Å². The van der Waals surface area contributed by atoms with Gasteiger partial charge in [-0.1, -0.05) is 0 Å². The van der Waals surface area contributed by atoms with Crippen LogP contribution in [0.4, 0.5) is 0 Å². The summed E-state index contributed by atoms with van der Waals surface area (Å²) in [7, 11) is 0. The average Bonchev–Trinajstić information content (AvgIpc) is 1.70. The molecule has 0 amide bonds. The van der Waals surface area contributed by atoms with Crippen LogP contribution < -0.4 is 0 Å². The normalized spacial score (nSPS) is 3.00. The number of carbonyl (C=O) groups is 3. The van der Waals surface area contributed by atoms with Crippen molar-refractivity contribution in [3.63, 3.8) is 0 Å². The maximum atomic E-state index is 8.36. The maximum absolute atomic E-state index is 8.36. The molecule has 0 rings (SSSR count). The van der Waals surface area contributed by atoms with Gasteiger partial charge in [0.05, 0.1) is 0 Å². The second-order valence-corrected chi connectivity index (χ2v) is 0.316. The van der Waals surface area contributed by atoms with Crippen molar-refractivity contribution in [1.82, 2.24) is 0 Å². The van der Waals surface area contributed by atoms with Crippen molar-refractivity contribution in [1.29, 1.82) is 0 Å². The van der Waals surface area contributed by atoms with E-state index in [-0.39, 0.29) is 49.8 Å². The van der Waals surface area contributed by atoms with Crippen molar-refractivity contribution in [2.24, 2.45) is 0 Å². The molecule has 0 aliphatic rings. The molecule has 78 valence electrons. The molecule has 12 heavy (non-hydrogen) atoms. The van der Waals surface area contributed by atoms with Gasteiger partial charge in [0.2, 0.25) is 0 Å². The van der Waals surface area contributed by atoms with E-state index in [1.54, 1.807) is 0 Å². The number of rotatable bonds is 0. The summed E-state index contributed by atoms with van der Waals surface area (Å²) >= 11 is 0. The third-order valence-electron chi connectivity index (χ3n) is 0. The van der Waals surface area contributed by atoms with Gasteiger partial charge in [-0.25, -0.2) is 0 Å². The summed E-state index contributed by atoms with van der Waals surface area (Å²) in [6, 6.07) is 0. The van der Waals surface area contributed by atoms with E-state index in [9.17, 15) is 0 Å². The summed E-state index contributed by atoms with van der Waals surface area (Å²) in [6.07, 6.45) is 0. The second-order valence-electron chi connectivity index (χ2n) is 0.316. The van der Waals surface area contributed by atoms with Gasteiger partial charge in [-0.2, -0.15) is 0 Å². The topological polar surface area (TPSA) is 175 Å². The van der Waals surface area contributed by atoms with Crippen LogP contribution >= 0.6 is 0 Å². The van der Waals surface area contributed by atoms with Crippen LogP contribution in [-0.4, -0.2) is 45.7 Å². The third kappa shape index (κ3) is 517. The van der Waals surface area contributed by atoms with Gasteiger partial charge in [-0.05, 0) is 0 Å². The summed E-state index contributed by atoms with van der Waals surface area (Å²) in [6.45, 7) is -0.750. The molecular formula is C3H10O8Ru. The van der Waals surface area contributed by atoms with Crippen molar-refractivity contribution >= 4 is 19.4 Å². The van der Waals surface area contributed by atoms with Gasteiger partial charge in [0.25, 0.3) is 19.4 Å². The molecule has 0 saturated carbocycles. The van der Waals surface area contributed by atoms with Gasteiger partial charge >= 0.3 is 0 Å². The van der Waals surface area contributed by atoms with Crippen molar-refractivity contribution in [3.05, 3.63) is 0 Å². The molecule has 0 heterocycles. The summed E-state index contributed by atoms with van der Waals surface area (Å²) in [5.41, 5.74) is 0. The Morgan fingerprint density at radius 3 is 0.667 bits per heavy atom. The Labute approximate surface area is 80.2 Å². The maximum Gasteiger partial charge on any atom is 0.290 e. The van der Waals surface area contributed by atoms with Crippen LogP contribution in [-0.2, 0) is 33.9 Å². The molecule has 0 unspecified atom stereocenters. The first-order valence-electron chi connectivity index (χ1n) is 1.48. The number of hydrogen-bond acceptors (Lipinski definition) is 3. The molecule has 0 aliphatic carbocycles. The molecule has 0 aromatic rings. The van der Waals surface area contributed by atoms with E-state index in [2.05, 4.69) is 0 Å². The van der Waals surface area contributed by atoms with E-state index in [1.807, 2.05) is 0 Å². The molecule has 7 N–H and O–H groups in total. The summed E-state index contributed by atoms with van der Waals surface area (Å²) in [4.78, 5) is 25.1. The molecule has 0 saturated heterocycles. The first-order chi connectivity index (χ1) is 4.24. The van der Waals surface area contributed by atoms with Crippen molar-refractivity contribution in [2.75, 3.05) is 0 Å². The predicted molar refractivity (Wildman–Crippen MR) is 33.3 cm³/mol. The van der Waals surface area contributed by atoms with Gasteiger partial charge in [-0.3, -0.25) is 14.4 Å². The van der Waals surface area contributed by atoms with E-state index >= 15 is 0 Å². The quantitative estimate of drug-likeness (QED) is 0.324. The fourth-order valence-electron chi connectivity index (χ4n) is 0. The molecule has 0 aromatic carbocycles. The van der Waals surface area contributed by atoms with Gasteiger partial charge in [0.1, 0.15) is 0 Å². The summed E-state index contributed by atoms with van der Waals surface area (Å²) in [5.74, 6) is 0. The molecule has 0 fully saturated rings. The molecule has 0 aromatic heterocycles. The molecule has 0 spiro atoms. The Morgan fingerprint density at radius 2 is 0.667 bits per heavy atom. The van der Waals surface area contributed by atoms with Gasteiger partial charge in [-0.15, -0.1) is 0 Å². The van der Waals surface area contributed by atoms with Crippen LogP contribution in [0.5, 0.6) is 0 Å². The largest absolute Gasteiger partial charge is 0.483 e. The molecule has 9 heteroatoms. The minimum atomic E-state index is -0.250. The zero-order valence-electron chi connectivity index (χ0n) is 5.65. The van der Waals surface area contributed by atoms with Crippen molar-refractivity contribution < 1.29 is 60.1 Å². The molecule has 0 aliphatic heterocycles. The fraction of sp³-hybridized carbons (Fsp3) is 0. The Bertz CT molecular complexity index is 51.1. The molecule has 0 radical (unpaired) electrons. The standard InChI is InChI=1S/3CH2O2.2H2O.Ru/c3*2-1-3;;;/h3*1H,(H,2,3);2*1H2;. The SMILES string of the molecule is O.O.O=CO.O=CO.O=CO.[Ru]. The number of hydrogen-bond donors (Lipinski definition) is 3. The Kier molecular flexibility index (Phi) is 771.